The van der Waals surface area contributed by atoms with Crippen LogP contribution in [0.15, 0.2) is 109 Å². The molecule has 0 saturated heterocycles. The Labute approximate surface area is 314 Å². The molecule has 0 fully saturated rings. The van der Waals surface area contributed by atoms with E-state index in [1.165, 1.54) is 89.2 Å². The van der Waals surface area contributed by atoms with Crippen molar-refractivity contribution < 1.29 is 75.4 Å². The Balaban J connectivity index is 0.000000612. The molecule has 2 aliphatic rings. The van der Waals surface area contributed by atoms with Crippen LogP contribution in [0.4, 0.5) is 26.3 Å². The Morgan fingerprint density at radius 3 is 1.67 bits per heavy atom. The number of fused-ring (bicyclic) bond motifs is 3. The van der Waals surface area contributed by atoms with E-state index in [9.17, 15) is 26.3 Å². The van der Waals surface area contributed by atoms with Crippen LogP contribution in [-0.4, -0.2) is 4.21 Å². The molecule has 0 spiro atoms. The van der Waals surface area contributed by atoms with Gasteiger partial charge in [-0.05, 0) is 6.42 Å². The Kier molecular flexibility index (Phi) is 20.9. The molecular weight excluding hydrogens is 757 g/mol. The van der Waals surface area contributed by atoms with Gasteiger partial charge in [0.05, 0.1) is 0 Å². The van der Waals surface area contributed by atoms with Crippen molar-refractivity contribution in [3.63, 3.8) is 0 Å². The molecular formula is C40H38Cl2F6Zr-6. The maximum atomic E-state index is 11.8. The van der Waals surface area contributed by atoms with Crippen molar-refractivity contribution in [3.8, 4) is 11.1 Å². The summed E-state index contributed by atoms with van der Waals surface area (Å²) in [6, 6.07) is 32.1. The van der Waals surface area contributed by atoms with Crippen molar-refractivity contribution >= 4 is 4.21 Å². The van der Waals surface area contributed by atoms with Crippen LogP contribution in [0.25, 0.3) is 11.1 Å². The Hall–Kier alpha value is -2.73. The fourth-order valence-corrected chi connectivity index (χ4v) is 4.59. The van der Waals surface area contributed by atoms with Crippen LogP contribution < -0.4 is 24.8 Å². The summed E-state index contributed by atoms with van der Waals surface area (Å²) in [5.74, 6) is 0.587. The minimum atomic E-state index is -4.24. The minimum Gasteiger partial charge on any atom is -1.00 e. The molecule has 0 aliphatic heterocycles. The molecule has 0 radical (unpaired) electrons. The third-order valence-corrected chi connectivity index (χ3v) is 6.98. The predicted molar refractivity (Wildman–Crippen MR) is 175 cm³/mol. The van der Waals surface area contributed by atoms with Crippen LogP contribution in [0.2, 0.25) is 0 Å². The summed E-state index contributed by atoms with van der Waals surface area (Å²) in [5, 5.41) is 0. The molecule has 1 unspecified atom stereocenters. The number of halogens is 8. The van der Waals surface area contributed by atoms with E-state index >= 15 is 0 Å². The van der Waals surface area contributed by atoms with Gasteiger partial charge >= 0.3 is 40.8 Å². The Morgan fingerprint density at radius 2 is 1.24 bits per heavy atom. The van der Waals surface area contributed by atoms with Crippen LogP contribution in [0.1, 0.15) is 62.8 Å². The van der Waals surface area contributed by atoms with E-state index in [1.807, 2.05) is 6.07 Å². The van der Waals surface area contributed by atoms with Crippen molar-refractivity contribution in [1.82, 2.24) is 0 Å². The van der Waals surface area contributed by atoms with Gasteiger partial charge in [-0.3, -0.25) is 6.08 Å². The summed E-state index contributed by atoms with van der Waals surface area (Å²) >= 11 is 1.30. The molecule has 0 N–H and O–H groups in total. The molecule has 4 aromatic carbocycles. The largest absolute Gasteiger partial charge is 1.00 e. The quantitative estimate of drug-likeness (QED) is 0.157. The SMILES string of the molecule is CCCC1[C-]=CC(C(C)(C)C)=C1.FC(F)(F)c1c[c-]ccc1.FC(F)(F)c1c[c-]ccc1.[CH2]=[Zr].[Cl-].[Cl-].[c-]1cccc2c1Cc1ccccc1-2. The van der Waals surface area contributed by atoms with E-state index in [-0.39, 0.29) is 24.8 Å². The molecule has 0 bridgehead atoms. The van der Waals surface area contributed by atoms with Gasteiger partial charge in [0.1, 0.15) is 0 Å². The first-order valence-corrected chi connectivity index (χ1v) is 16.8. The van der Waals surface area contributed by atoms with Gasteiger partial charge in [-0.1, -0.05) is 98.4 Å². The fourth-order valence-electron chi connectivity index (χ4n) is 4.59. The van der Waals surface area contributed by atoms with Gasteiger partial charge in [0, 0.05) is 0 Å². The second kappa shape index (κ2) is 22.2. The molecule has 2 aliphatic carbocycles. The standard InChI is InChI=1S/C13H9.C12H19.2C7H4F3.CH2.2ClH.Zr/c1-3-7-12-10(5-1)9-11-6-2-4-8-13(11)12;1-5-6-10-7-8-11(9-10)12(2,3)4;2*8-7(9,10)6-4-2-1-3-5-6;;;;/h1-5,7-8H,9H2;8-10H,5-6H2,1-4H3;2*1-2,4-5H;1H2;2*1H;/q4*-1;;;;/p-2. The molecule has 6 rings (SSSR count). The monoisotopic (exact) mass is 792 g/mol. The smallest absolute Gasteiger partial charge is 0.0253 e. The van der Waals surface area contributed by atoms with Crippen LogP contribution in [0, 0.1) is 35.6 Å². The van der Waals surface area contributed by atoms with E-state index in [4.69, 9.17) is 0 Å². The number of hydrogen-bond donors (Lipinski definition) is 0. The number of hydrogen-bond acceptors (Lipinski definition) is 0. The molecule has 1 atom stereocenters. The number of rotatable bonds is 2. The zero-order valence-electron chi connectivity index (χ0n) is 27.7. The van der Waals surface area contributed by atoms with Gasteiger partial charge in [0.15, 0.2) is 0 Å². The zero-order chi connectivity index (χ0) is 35.1. The van der Waals surface area contributed by atoms with Crippen molar-refractivity contribution in [2.24, 2.45) is 11.3 Å². The second-order valence-corrected chi connectivity index (χ2v) is 11.6. The fraction of sp³-hybridized carbons (Fsp3) is 0.275. The molecule has 264 valence electrons. The minimum absolute atomic E-state index is 0. The first kappa shape index (κ1) is 46.3. The van der Waals surface area contributed by atoms with Crippen LogP contribution in [0.5, 0.6) is 0 Å². The van der Waals surface area contributed by atoms with E-state index in [0.29, 0.717) is 11.3 Å². The maximum Gasteiger partial charge on any atom is -0.0253 e. The number of allylic oxidation sites excluding steroid dienone is 4. The molecule has 49 heavy (non-hydrogen) atoms. The number of benzene rings is 4. The maximum absolute atomic E-state index is 11.8. The average molecular weight is 795 g/mol. The van der Waals surface area contributed by atoms with E-state index < -0.39 is 23.5 Å². The molecule has 9 heteroatoms. The molecule has 4 aromatic rings. The molecule has 0 heterocycles. The van der Waals surface area contributed by atoms with Crippen molar-refractivity contribution in [3.05, 3.63) is 155 Å². The molecule has 0 saturated carbocycles. The van der Waals surface area contributed by atoms with Gasteiger partial charge in [0.2, 0.25) is 0 Å². The van der Waals surface area contributed by atoms with Crippen LogP contribution in [0.3, 0.4) is 0 Å². The average Bonchev–Trinajstić information content (AvgIpc) is 3.69. The third kappa shape index (κ3) is 15.8. The summed E-state index contributed by atoms with van der Waals surface area (Å²) in [6.07, 6.45) is 2.99. The summed E-state index contributed by atoms with van der Waals surface area (Å²) in [5.41, 5.74) is 5.94. The first-order valence-electron chi connectivity index (χ1n) is 15.0. The van der Waals surface area contributed by atoms with Gasteiger partial charge in [0.25, 0.3) is 0 Å². The molecule has 0 aromatic heterocycles. The molecule has 0 amide bonds. The summed E-state index contributed by atoms with van der Waals surface area (Å²) < 4.78 is 73.9. The second-order valence-electron chi connectivity index (χ2n) is 11.6. The zero-order valence-corrected chi connectivity index (χ0v) is 31.7. The molecule has 0 nitrogen and oxygen atoms in total. The van der Waals surface area contributed by atoms with E-state index in [0.717, 1.165) is 30.7 Å². The normalized spacial score (nSPS) is 13.7. The summed E-state index contributed by atoms with van der Waals surface area (Å²) in [6.45, 7) is 8.99. The van der Waals surface area contributed by atoms with Crippen LogP contribution >= 0.6 is 0 Å². The van der Waals surface area contributed by atoms with Crippen molar-refractivity contribution in [2.75, 3.05) is 0 Å². The predicted octanol–water partition coefficient (Wildman–Crippen LogP) is 5.79. The summed E-state index contributed by atoms with van der Waals surface area (Å²) in [4.78, 5) is 0. The van der Waals surface area contributed by atoms with Crippen molar-refractivity contribution in [1.29, 1.82) is 0 Å². The van der Waals surface area contributed by atoms with Gasteiger partial charge < -0.3 is 24.8 Å². The van der Waals surface area contributed by atoms with Crippen LogP contribution in [-0.2, 0) is 43.0 Å². The Morgan fingerprint density at radius 1 is 0.735 bits per heavy atom. The van der Waals surface area contributed by atoms with Gasteiger partial charge in [-0.2, -0.15) is 128 Å². The van der Waals surface area contributed by atoms with Gasteiger partial charge in [-0.25, -0.2) is 6.08 Å². The van der Waals surface area contributed by atoms with E-state index in [1.54, 1.807) is 0 Å². The third-order valence-electron chi connectivity index (χ3n) is 6.98. The summed E-state index contributed by atoms with van der Waals surface area (Å²) in [7, 11) is 0. The van der Waals surface area contributed by atoms with Crippen molar-refractivity contribution in [2.45, 2.75) is 59.3 Å². The first-order chi connectivity index (χ1) is 22.2. The number of alkyl halides is 6. The topological polar surface area (TPSA) is 0 Å². The Bertz CT molecular complexity index is 1460. The van der Waals surface area contributed by atoms with Gasteiger partial charge in [-0.15, -0.1) is 5.56 Å². The van der Waals surface area contributed by atoms with E-state index in [2.05, 4.69) is 105 Å².